The van der Waals surface area contributed by atoms with E-state index in [-0.39, 0.29) is 24.5 Å². The summed E-state index contributed by atoms with van der Waals surface area (Å²) in [5.74, 6) is 0.742. The minimum Gasteiger partial charge on any atom is -0.396 e. The van der Waals surface area contributed by atoms with Crippen LogP contribution in [0.4, 0.5) is 0 Å². The minimum absolute atomic E-state index is 0.00279. The van der Waals surface area contributed by atoms with Crippen molar-refractivity contribution in [3.8, 4) is 11.4 Å². The third-order valence-electron chi connectivity index (χ3n) is 3.41. The lowest BCUT2D eigenvalue weighted by molar-refractivity contribution is 0.0916. The van der Waals surface area contributed by atoms with Gasteiger partial charge in [-0.05, 0) is 25.0 Å². The Balaban J connectivity index is 2.15. The number of rotatable bonds is 5. The second kappa shape index (κ2) is 6.49. The molecule has 0 spiro atoms. The summed E-state index contributed by atoms with van der Waals surface area (Å²) in [6.07, 6.45) is 0. The Morgan fingerprint density at radius 3 is 2.81 bits per heavy atom. The molecule has 0 bridgehead atoms. The minimum atomic E-state index is -0.190. The lowest BCUT2D eigenvalue weighted by Crippen LogP contribution is -2.38. The summed E-state index contributed by atoms with van der Waals surface area (Å²) in [4.78, 5) is 16.3. The molecule has 1 heterocycles. The first-order valence-electron chi connectivity index (χ1n) is 6.83. The zero-order valence-corrected chi connectivity index (χ0v) is 12.3. The van der Waals surface area contributed by atoms with E-state index in [1.54, 1.807) is 25.1 Å². The molecule has 2 aromatic rings. The molecule has 6 nitrogen and oxygen atoms in total. The highest BCUT2D eigenvalue weighted by Crippen LogP contribution is 2.17. The fraction of sp³-hybridized carbons (Fsp3) is 0.400. The second-order valence-corrected chi connectivity index (χ2v) is 5.14. The van der Waals surface area contributed by atoms with Crippen molar-refractivity contribution in [2.24, 2.45) is 5.92 Å². The SMILES string of the molecule is Cc1nc(-c2cccc(C(=O)NC(C)C(C)CO)c2)no1. The molecule has 112 valence electrons. The Hall–Kier alpha value is -2.21. The van der Waals surface area contributed by atoms with Gasteiger partial charge >= 0.3 is 0 Å². The Morgan fingerprint density at radius 2 is 2.19 bits per heavy atom. The number of amides is 1. The fourth-order valence-electron chi connectivity index (χ4n) is 1.81. The monoisotopic (exact) mass is 289 g/mol. The number of carbonyl (C=O) groups excluding carboxylic acids is 1. The van der Waals surface area contributed by atoms with Crippen LogP contribution in [0, 0.1) is 12.8 Å². The molecular formula is C15H19N3O3. The molecule has 2 atom stereocenters. The van der Waals surface area contributed by atoms with E-state index < -0.39 is 0 Å². The Bertz CT molecular complexity index is 624. The number of aromatic nitrogens is 2. The van der Waals surface area contributed by atoms with Crippen LogP contribution in [0.1, 0.15) is 30.1 Å². The molecular weight excluding hydrogens is 270 g/mol. The van der Waals surface area contributed by atoms with Crippen LogP contribution in [0.25, 0.3) is 11.4 Å². The molecule has 0 aliphatic rings. The average Bonchev–Trinajstić information content (AvgIpc) is 2.93. The Morgan fingerprint density at radius 1 is 1.43 bits per heavy atom. The van der Waals surface area contributed by atoms with Gasteiger partial charge in [0.15, 0.2) is 0 Å². The lowest BCUT2D eigenvalue weighted by atomic mass is 10.0. The zero-order chi connectivity index (χ0) is 15.4. The number of hydrogen-bond acceptors (Lipinski definition) is 5. The van der Waals surface area contributed by atoms with Gasteiger partial charge in [-0.3, -0.25) is 4.79 Å². The van der Waals surface area contributed by atoms with Crippen LogP contribution in [0.5, 0.6) is 0 Å². The number of carbonyl (C=O) groups is 1. The molecule has 1 aromatic carbocycles. The smallest absolute Gasteiger partial charge is 0.251 e. The van der Waals surface area contributed by atoms with Crippen molar-refractivity contribution in [2.75, 3.05) is 6.61 Å². The molecule has 2 unspecified atom stereocenters. The molecule has 0 saturated heterocycles. The third kappa shape index (κ3) is 3.66. The van der Waals surface area contributed by atoms with E-state index >= 15 is 0 Å². The van der Waals surface area contributed by atoms with Gasteiger partial charge in [0.2, 0.25) is 11.7 Å². The highest BCUT2D eigenvalue weighted by Gasteiger charge is 2.16. The van der Waals surface area contributed by atoms with Crippen molar-refractivity contribution in [3.05, 3.63) is 35.7 Å². The number of nitrogens with zero attached hydrogens (tertiary/aromatic N) is 2. The van der Waals surface area contributed by atoms with Crippen LogP contribution >= 0.6 is 0 Å². The van der Waals surface area contributed by atoms with Crippen LogP contribution in [-0.4, -0.2) is 33.8 Å². The molecule has 0 radical (unpaired) electrons. The standard InChI is InChI=1S/C15H19N3O3/c1-9(8-19)10(2)16-15(20)13-6-4-5-12(7-13)14-17-11(3)21-18-14/h4-7,9-10,19H,8H2,1-3H3,(H,16,20). The number of aliphatic hydroxyl groups excluding tert-OH is 1. The third-order valence-corrected chi connectivity index (χ3v) is 3.41. The highest BCUT2D eigenvalue weighted by atomic mass is 16.5. The van der Waals surface area contributed by atoms with Crippen LogP contribution in [0.2, 0.25) is 0 Å². The van der Waals surface area contributed by atoms with E-state index in [4.69, 9.17) is 9.63 Å². The number of hydrogen-bond donors (Lipinski definition) is 2. The van der Waals surface area contributed by atoms with Gasteiger partial charge in [-0.2, -0.15) is 4.98 Å². The molecule has 21 heavy (non-hydrogen) atoms. The van der Waals surface area contributed by atoms with Crippen LogP contribution in [0.15, 0.2) is 28.8 Å². The lowest BCUT2D eigenvalue weighted by Gasteiger charge is -2.19. The van der Waals surface area contributed by atoms with E-state index in [2.05, 4.69) is 15.5 Å². The van der Waals surface area contributed by atoms with Gasteiger partial charge in [-0.15, -0.1) is 0 Å². The summed E-state index contributed by atoms with van der Waals surface area (Å²) in [5.41, 5.74) is 1.24. The Kier molecular flexibility index (Phi) is 4.70. The molecule has 2 rings (SSSR count). The van der Waals surface area contributed by atoms with Gasteiger partial charge in [0.05, 0.1) is 0 Å². The van der Waals surface area contributed by atoms with Crippen molar-refractivity contribution < 1.29 is 14.4 Å². The summed E-state index contributed by atoms with van der Waals surface area (Å²) in [5, 5.41) is 15.8. The molecule has 1 aromatic heterocycles. The van der Waals surface area contributed by atoms with Gasteiger partial charge < -0.3 is 14.9 Å². The average molecular weight is 289 g/mol. The van der Waals surface area contributed by atoms with Gasteiger partial charge in [0.1, 0.15) is 0 Å². The van der Waals surface area contributed by atoms with Gasteiger partial charge in [-0.25, -0.2) is 0 Å². The number of benzene rings is 1. The van der Waals surface area contributed by atoms with Gasteiger partial charge in [0, 0.05) is 30.7 Å². The van der Waals surface area contributed by atoms with Crippen molar-refractivity contribution in [1.82, 2.24) is 15.5 Å². The van der Waals surface area contributed by atoms with Gasteiger partial charge in [0.25, 0.3) is 5.91 Å². The Labute approximate surface area is 123 Å². The predicted octanol–water partition coefficient (Wildman–Crippen LogP) is 1.79. The van der Waals surface area contributed by atoms with E-state index in [1.165, 1.54) is 0 Å². The summed E-state index contributed by atoms with van der Waals surface area (Å²) in [6.45, 7) is 5.49. The normalized spacial score (nSPS) is 13.7. The topological polar surface area (TPSA) is 88.2 Å². The van der Waals surface area contributed by atoms with E-state index in [0.717, 1.165) is 5.56 Å². The van der Waals surface area contributed by atoms with Crippen molar-refractivity contribution in [1.29, 1.82) is 0 Å². The summed E-state index contributed by atoms with van der Waals surface area (Å²) >= 11 is 0. The number of aliphatic hydroxyl groups is 1. The largest absolute Gasteiger partial charge is 0.396 e. The van der Waals surface area contributed by atoms with Crippen LogP contribution in [0.3, 0.4) is 0 Å². The summed E-state index contributed by atoms with van der Waals surface area (Å²) in [6, 6.07) is 6.92. The van der Waals surface area contributed by atoms with E-state index in [9.17, 15) is 4.79 Å². The van der Waals surface area contributed by atoms with Gasteiger partial charge in [-0.1, -0.05) is 24.2 Å². The molecule has 2 N–H and O–H groups in total. The first-order chi connectivity index (χ1) is 10.0. The number of nitrogens with one attached hydrogen (secondary N) is 1. The summed E-state index contributed by atoms with van der Waals surface area (Å²) in [7, 11) is 0. The van der Waals surface area contributed by atoms with Crippen LogP contribution < -0.4 is 5.32 Å². The highest BCUT2D eigenvalue weighted by molar-refractivity contribution is 5.95. The van der Waals surface area contributed by atoms with E-state index in [1.807, 2.05) is 19.9 Å². The fourth-order valence-corrected chi connectivity index (χ4v) is 1.81. The maximum Gasteiger partial charge on any atom is 0.251 e. The summed E-state index contributed by atoms with van der Waals surface area (Å²) < 4.78 is 4.94. The first kappa shape index (κ1) is 15.2. The maximum atomic E-state index is 12.2. The number of aryl methyl sites for hydroxylation is 1. The van der Waals surface area contributed by atoms with Crippen LogP contribution in [-0.2, 0) is 0 Å². The molecule has 0 saturated carbocycles. The molecule has 0 fully saturated rings. The second-order valence-electron chi connectivity index (χ2n) is 5.14. The van der Waals surface area contributed by atoms with Crippen molar-refractivity contribution in [3.63, 3.8) is 0 Å². The molecule has 0 aliphatic heterocycles. The predicted molar refractivity (Wildman–Crippen MR) is 77.6 cm³/mol. The quantitative estimate of drug-likeness (QED) is 0.876. The van der Waals surface area contributed by atoms with Crippen molar-refractivity contribution in [2.45, 2.75) is 26.8 Å². The van der Waals surface area contributed by atoms with Crippen molar-refractivity contribution >= 4 is 5.91 Å². The first-order valence-corrected chi connectivity index (χ1v) is 6.83. The molecule has 6 heteroatoms. The molecule has 1 amide bonds. The maximum absolute atomic E-state index is 12.2. The zero-order valence-electron chi connectivity index (χ0n) is 12.3. The van der Waals surface area contributed by atoms with E-state index in [0.29, 0.717) is 17.3 Å². The molecule has 0 aliphatic carbocycles.